The Morgan fingerprint density at radius 3 is 2.31 bits per heavy atom. The fourth-order valence-corrected chi connectivity index (χ4v) is 3.48. The number of ether oxygens (including phenoxy) is 2. The van der Waals surface area contributed by atoms with Crippen molar-refractivity contribution in [2.24, 2.45) is 0 Å². The molecule has 1 N–H and O–H groups in total. The summed E-state index contributed by atoms with van der Waals surface area (Å²) in [5.74, 6) is -0.809. The Morgan fingerprint density at radius 1 is 1.07 bits per heavy atom. The van der Waals surface area contributed by atoms with Crippen molar-refractivity contribution in [2.75, 3.05) is 12.4 Å². The van der Waals surface area contributed by atoms with Crippen LogP contribution in [0.3, 0.4) is 0 Å². The third kappa shape index (κ3) is 4.78. The summed E-state index contributed by atoms with van der Waals surface area (Å²) in [7, 11) is -8.53. The van der Waals surface area contributed by atoms with E-state index in [1.165, 1.54) is 19.2 Å². The van der Waals surface area contributed by atoms with E-state index in [1.807, 2.05) is 0 Å². The van der Waals surface area contributed by atoms with Crippen LogP contribution in [0.2, 0.25) is 0 Å². The standard InChI is InChI=1S/C18H16F5NO4S/c1-27-18(26)16-8-4-12-10-13(5-9-15(12)28-16)24-17(25)11-2-6-14(7-3-11)29(19,20,21,22)23/h2-3,5-7,9-10,16H,4,8H2,1H3,(H,24,25). The predicted octanol–water partition coefficient (Wildman–Crippen LogP) is 5.46. The van der Waals surface area contributed by atoms with Gasteiger partial charge in [0.1, 0.15) is 10.6 Å². The van der Waals surface area contributed by atoms with E-state index in [4.69, 9.17) is 4.74 Å². The van der Waals surface area contributed by atoms with Crippen LogP contribution in [0.4, 0.5) is 25.1 Å². The molecule has 0 bridgehead atoms. The first-order valence-corrected chi connectivity index (χ1v) is 10.2. The van der Waals surface area contributed by atoms with Crippen molar-refractivity contribution in [2.45, 2.75) is 23.8 Å². The Labute approximate surface area is 162 Å². The average molecular weight is 437 g/mol. The van der Waals surface area contributed by atoms with Crippen molar-refractivity contribution in [3.8, 4) is 5.75 Å². The number of rotatable bonds is 4. The first-order valence-electron chi connectivity index (χ1n) is 8.30. The molecule has 2 aromatic rings. The number of aryl methyl sites for hydroxylation is 1. The number of benzene rings is 2. The van der Waals surface area contributed by atoms with Crippen LogP contribution in [0, 0.1) is 0 Å². The summed E-state index contributed by atoms with van der Waals surface area (Å²) in [5.41, 5.74) is 0.847. The number of hydrogen-bond donors (Lipinski definition) is 1. The molecule has 11 heteroatoms. The van der Waals surface area contributed by atoms with Crippen molar-refractivity contribution in [3.05, 3.63) is 53.6 Å². The van der Waals surface area contributed by atoms with Crippen LogP contribution >= 0.6 is 10.2 Å². The van der Waals surface area contributed by atoms with E-state index in [1.54, 1.807) is 6.07 Å². The number of hydrogen-bond acceptors (Lipinski definition) is 4. The number of nitrogens with one attached hydrogen (secondary N) is 1. The zero-order valence-electron chi connectivity index (χ0n) is 15.0. The minimum absolute atomic E-state index is 0.185. The minimum Gasteiger partial charge on any atom is -0.478 e. The Morgan fingerprint density at radius 2 is 1.72 bits per heavy atom. The Kier molecular flexibility index (Phi) is 4.57. The summed E-state index contributed by atoms with van der Waals surface area (Å²) in [6.07, 6.45) is 0.144. The van der Waals surface area contributed by atoms with Gasteiger partial charge in [-0.3, -0.25) is 4.79 Å². The minimum atomic E-state index is -9.79. The molecule has 0 aromatic heterocycles. The summed E-state index contributed by atoms with van der Waals surface area (Å²) in [4.78, 5) is 21.7. The quantitative estimate of drug-likeness (QED) is 0.510. The molecule has 1 heterocycles. The topological polar surface area (TPSA) is 64.6 Å². The fourth-order valence-electron chi connectivity index (χ4n) is 2.83. The SMILES string of the molecule is COC(=O)C1CCc2cc(NC(=O)c3ccc(S(F)(F)(F)(F)F)cc3)ccc2O1. The Hall–Kier alpha value is -2.82. The number of halogens is 5. The third-order valence-electron chi connectivity index (χ3n) is 4.29. The van der Waals surface area contributed by atoms with Gasteiger partial charge in [-0.1, -0.05) is 19.4 Å². The Balaban J connectivity index is 1.73. The molecular formula is C18H16F5NO4S. The molecule has 0 radical (unpaired) electrons. The predicted molar refractivity (Wildman–Crippen MR) is 97.0 cm³/mol. The molecule has 1 atom stereocenters. The van der Waals surface area contributed by atoms with Gasteiger partial charge >= 0.3 is 16.2 Å². The highest BCUT2D eigenvalue weighted by molar-refractivity contribution is 8.45. The summed E-state index contributed by atoms with van der Waals surface area (Å²) in [5, 5.41) is 2.49. The molecule has 0 saturated carbocycles. The molecule has 1 aliphatic heterocycles. The molecule has 1 amide bonds. The van der Waals surface area contributed by atoms with Gasteiger partial charge in [-0.2, -0.15) is 0 Å². The number of fused-ring (bicyclic) bond motifs is 1. The summed E-state index contributed by atoms with van der Waals surface area (Å²) < 4.78 is 73.9. The average Bonchev–Trinajstić information content (AvgIpc) is 2.65. The van der Waals surface area contributed by atoms with Crippen LogP contribution in [0.15, 0.2) is 47.4 Å². The van der Waals surface area contributed by atoms with Crippen LogP contribution in [-0.2, 0) is 16.0 Å². The fraction of sp³-hybridized carbons (Fsp3) is 0.222. The van der Waals surface area contributed by atoms with Crippen LogP contribution < -0.4 is 10.1 Å². The van der Waals surface area contributed by atoms with E-state index in [0.29, 0.717) is 36.4 Å². The van der Waals surface area contributed by atoms with E-state index < -0.39 is 33.1 Å². The van der Waals surface area contributed by atoms with Gasteiger partial charge < -0.3 is 14.8 Å². The number of amides is 1. The van der Waals surface area contributed by atoms with E-state index >= 15 is 0 Å². The first kappa shape index (κ1) is 20.9. The van der Waals surface area contributed by atoms with Crippen LogP contribution in [0.25, 0.3) is 0 Å². The van der Waals surface area contributed by atoms with Crippen LogP contribution in [-0.4, -0.2) is 25.1 Å². The second-order valence-electron chi connectivity index (χ2n) is 6.44. The highest BCUT2D eigenvalue weighted by atomic mass is 32.5. The van der Waals surface area contributed by atoms with E-state index in [-0.39, 0.29) is 17.7 Å². The molecule has 29 heavy (non-hydrogen) atoms. The monoisotopic (exact) mass is 437 g/mol. The molecule has 1 aliphatic rings. The Bertz CT molecular complexity index is 977. The summed E-state index contributed by atoms with van der Waals surface area (Å²) in [6, 6.07) is 6.37. The molecule has 0 aliphatic carbocycles. The molecule has 3 rings (SSSR count). The van der Waals surface area contributed by atoms with E-state index in [2.05, 4.69) is 10.1 Å². The normalized spacial score (nSPS) is 18.5. The van der Waals surface area contributed by atoms with Gasteiger partial charge in [0, 0.05) is 11.3 Å². The summed E-state index contributed by atoms with van der Waals surface area (Å²) >= 11 is 0. The number of carbonyl (C=O) groups excluding carboxylic acids is 2. The second kappa shape index (κ2) is 6.34. The first-order chi connectivity index (χ1) is 13.3. The lowest BCUT2D eigenvalue weighted by Crippen LogP contribution is -2.32. The zero-order valence-corrected chi connectivity index (χ0v) is 15.8. The van der Waals surface area contributed by atoms with E-state index in [9.17, 15) is 29.0 Å². The maximum absolute atomic E-state index is 12.7. The molecule has 2 aromatic carbocycles. The van der Waals surface area contributed by atoms with Gasteiger partial charge in [-0.25, -0.2) is 4.79 Å². The molecule has 0 spiro atoms. The van der Waals surface area contributed by atoms with Gasteiger partial charge in [-0.15, -0.1) is 0 Å². The third-order valence-corrected chi connectivity index (χ3v) is 5.45. The van der Waals surface area contributed by atoms with Crippen molar-refractivity contribution in [1.29, 1.82) is 0 Å². The van der Waals surface area contributed by atoms with E-state index in [0.717, 1.165) is 5.56 Å². The molecule has 0 fully saturated rings. The lowest BCUT2D eigenvalue weighted by Gasteiger charge is -2.40. The van der Waals surface area contributed by atoms with Crippen molar-refractivity contribution < 1.29 is 38.5 Å². The lowest BCUT2D eigenvalue weighted by molar-refractivity contribution is -0.149. The van der Waals surface area contributed by atoms with Gasteiger partial charge in [0.05, 0.1) is 7.11 Å². The number of anilines is 1. The lowest BCUT2D eigenvalue weighted by atomic mass is 10.0. The van der Waals surface area contributed by atoms with Crippen LogP contribution in [0.1, 0.15) is 22.3 Å². The number of methoxy groups -OCH3 is 1. The second-order valence-corrected chi connectivity index (χ2v) is 8.85. The molecule has 158 valence electrons. The smallest absolute Gasteiger partial charge is 0.347 e. The highest BCUT2D eigenvalue weighted by Crippen LogP contribution is 3.02. The summed E-state index contributed by atoms with van der Waals surface area (Å²) in [6.45, 7) is 0. The number of carbonyl (C=O) groups is 2. The van der Waals surface area contributed by atoms with Gasteiger partial charge in [0.25, 0.3) is 5.91 Å². The van der Waals surface area contributed by atoms with Crippen molar-refractivity contribution in [1.82, 2.24) is 0 Å². The highest BCUT2D eigenvalue weighted by Gasteiger charge is 2.65. The molecular weight excluding hydrogens is 421 g/mol. The molecule has 1 unspecified atom stereocenters. The van der Waals surface area contributed by atoms with Gasteiger partial charge in [0.2, 0.25) is 0 Å². The maximum Gasteiger partial charge on any atom is 0.347 e. The van der Waals surface area contributed by atoms with Crippen LogP contribution in [0.5, 0.6) is 5.75 Å². The largest absolute Gasteiger partial charge is 0.478 e. The van der Waals surface area contributed by atoms with Crippen molar-refractivity contribution >= 4 is 27.8 Å². The van der Waals surface area contributed by atoms with Gasteiger partial charge in [0.15, 0.2) is 6.10 Å². The molecule has 5 nitrogen and oxygen atoms in total. The molecule has 0 saturated heterocycles. The van der Waals surface area contributed by atoms with Gasteiger partial charge in [-0.05, 0) is 60.9 Å². The zero-order chi connectivity index (χ0) is 21.5. The van der Waals surface area contributed by atoms with Crippen molar-refractivity contribution in [3.63, 3.8) is 0 Å². The number of esters is 1. The maximum atomic E-state index is 12.7.